The Morgan fingerprint density at radius 3 is 2.86 bits per heavy atom. The van der Waals surface area contributed by atoms with Gasteiger partial charge in [-0.25, -0.2) is 4.79 Å². The normalized spacial score (nSPS) is 9.79. The minimum Gasteiger partial charge on any atom is -0.507 e. The van der Waals surface area contributed by atoms with Gasteiger partial charge in [-0.05, 0) is 18.2 Å². The number of nitrogen functional groups attached to an aromatic ring is 1. The summed E-state index contributed by atoms with van der Waals surface area (Å²) in [4.78, 5) is 11.2. The molecule has 0 radical (unpaired) electrons. The van der Waals surface area contributed by atoms with E-state index in [1.807, 2.05) is 0 Å². The molecule has 0 aromatic heterocycles. The van der Waals surface area contributed by atoms with Crippen LogP contribution in [0.25, 0.3) is 0 Å². The maximum atomic E-state index is 11.2. The van der Waals surface area contributed by atoms with Gasteiger partial charge in [0.2, 0.25) is 0 Å². The van der Waals surface area contributed by atoms with Gasteiger partial charge in [0.15, 0.2) is 0 Å². The van der Waals surface area contributed by atoms with Crippen molar-refractivity contribution >= 4 is 11.7 Å². The van der Waals surface area contributed by atoms with E-state index in [1.165, 1.54) is 18.2 Å². The number of aromatic hydroxyl groups is 1. The Morgan fingerprint density at radius 1 is 1.50 bits per heavy atom. The summed E-state index contributed by atoms with van der Waals surface area (Å²) in [6, 6.07) is 4.10. The quantitative estimate of drug-likeness (QED) is 0.363. The van der Waals surface area contributed by atoms with Crippen molar-refractivity contribution in [3.05, 3.63) is 23.8 Å². The largest absolute Gasteiger partial charge is 0.507 e. The number of anilines is 1. The molecule has 5 heteroatoms. The highest BCUT2D eigenvalue weighted by Crippen LogP contribution is 2.20. The third-order valence-electron chi connectivity index (χ3n) is 1.56. The molecule has 1 aromatic rings. The molecule has 1 rings (SSSR count). The number of aliphatic hydroxyl groups excluding tert-OH is 1. The molecule has 0 atom stereocenters. The summed E-state index contributed by atoms with van der Waals surface area (Å²) >= 11 is 0. The van der Waals surface area contributed by atoms with Gasteiger partial charge >= 0.3 is 5.97 Å². The van der Waals surface area contributed by atoms with E-state index in [2.05, 4.69) is 4.74 Å². The highest BCUT2D eigenvalue weighted by atomic mass is 16.5. The van der Waals surface area contributed by atoms with Crippen molar-refractivity contribution in [3.8, 4) is 5.75 Å². The first-order chi connectivity index (χ1) is 6.65. The van der Waals surface area contributed by atoms with Gasteiger partial charge in [0.05, 0.1) is 6.61 Å². The summed E-state index contributed by atoms with van der Waals surface area (Å²) in [6.45, 7) is -0.359. The van der Waals surface area contributed by atoms with Crippen LogP contribution in [-0.4, -0.2) is 29.4 Å². The standard InChI is InChI=1S/C9H11NO4/c10-6-1-2-8(12)7(5-6)9(13)14-4-3-11/h1-2,5,11-12H,3-4,10H2. The minimum atomic E-state index is -0.705. The number of phenols is 1. The zero-order chi connectivity index (χ0) is 10.6. The number of carbonyl (C=O) groups excluding carboxylic acids is 1. The molecule has 0 aliphatic carbocycles. The summed E-state index contributed by atoms with van der Waals surface area (Å²) in [5, 5.41) is 17.7. The van der Waals surface area contributed by atoms with Crippen LogP contribution < -0.4 is 5.73 Å². The van der Waals surface area contributed by atoms with Crippen LogP contribution >= 0.6 is 0 Å². The minimum absolute atomic E-state index is 0.00144. The van der Waals surface area contributed by atoms with Crippen molar-refractivity contribution in [1.82, 2.24) is 0 Å². The topological polar surface area (TPSA) is 92.8 Å². The smallest absolute Gasteiger partial charge is 0.342 e. The molecule has 4 N–H and O–H groups in total. The fourth-order valence-electron chi connectivity index (χ4n) is 0.933. The van der Waals surface area contributed by atoms with Crippen molar-refractivity contribution in [1.29, 1.82) is 0 Å². The molecule has 5 nitrogen and oxygen atoms in total. The molecular formula is C9H11NO4. The average molecular weight is 197 g/mol. The first-order valence-electron chi connectivity index (χ1n) is 4.01. The Bertz CT molecular complexity index is 338. The lowest BCUT2D eigenvalue weighted by molar-refractivity contribution is 0.0430. The molecule has 0 aliphatic rings. The monoisotopic (exact) mass is 197 g/mol. The summed E-state index contributed by atoms with van der Waals surface area (Å²) in [5.41, 5.74) is 5.78. The van der Waals surface area contributed by atoms with Crippen LogP contribution in [0, 0.1) is 0 Å². The number of hydrogen-bond donors (Lipinski definition) is 3. The van der Waals surface area contributed by atoms with E-state index in [1.54, 1.807) is 0 Å². The highest BCUT2D eigenvalue weighted by molar-refractivity contribution is 5.93. The highest BCUT2D eigenvalue weighted by Gasteiger charge is 2.12. The molecule has 0 saturated carbocycles. The summed E-state index contributed by atoms with van der Waals surface area (Å²) in [5.74, 6) is -0.897. The van der Waals surface area contributed by atoms with Crippen LogP contribution in [0.1, 0.15) is 10.4 Å². The van der Waals surface area contributed by atoms with Crippen molar-refractivity contribution < 1.29 is 19.7 Å². The van der Waals surface area contributed by atoms with Crippen LogP contribution in [0.4, 0.5) is 5.69 Å². The zero-order valence-corrected chi connectivity index (χ0v) is 7.43. The molecule has 0 aliphatic heterocycles. The first kappa shape index (κ1) is 10.3. The molecule has 0 saturated heterocycles. The van der Waals surface area contributed by atoms with Gasteiger partial charge in [-0.3, -0.25) is 0 Å². The number of nitrogens with two attached hydrogens (primary N) is 1. The number of phenolic OH excluding ortho intramolecular Hbond substituents is 1. The molecule has 0 unspecified atom stereocenters. The number of aliphatic hydroxyl groups is 1. The van der Waals surface area contributed by atoms with Crippen LogP contribution in [0.3, 0.4) is 0 Å². The number of esters is 1. The Kier molecular flexibility index (Phi) is 3.30. The average Bonchev–Trinajstić information content (AvgIpc) is 2.18. The number of ether oxygens (including phenoxy) is 1. The van der Waals surface area contributed by atoms with Crippen molar-refractivity contribution in [2.45, 2.75) is 0 Å². The number of hydrogen-bond acceptors (Lipinski definition) is 5. The Hall–Kier alpha value is -1.75. The predicted octanol–water partition coefficient (Wildman–Crippen LogP) is 0.124. The van der Waals surface area contributed by atoms with Crippen molar-refractivity contribution in [3.63, 3.8) is 0 Å². The molecule has 1 aromatic carbocycles. The van der Waals surface area contributed by atoms with E-state index < -0.39 is 5.97 Å². The molecule has 0 fully saturated rings. The van der Waals surface area contributed by atoms with Gasteiger partial charge in [0, 0.05) is 5.69 Å². The fraction of sp³-hybridized carbons (Fsp3) is 0.222. The molecule has 0 amide bonds. The van der Waals surface area contributed by atoms with E-state index in [0.29, 0.717) is 5.69 Å². The summed E-state index contributed by atoms with van der Waals surface area (Å²) in [7, 11) is 0. The van der Waals surface area contributed by atoms with E-state index >= 15 is 0 Å². The second-order valence-corrected chi connectivity index (χ2v) is 2.64. The van der Waals surface area contributed by atoms with Gasteiger partial charge in [0.1, 0.15) is 17.9 Å². The summed E-state index contributed by atoms with van der Waals surface area (Å²) in [6.07, 6.45) is 0. The lowest BCUT2D eigenvalue weighted by atomic mass is 10.2. The first-order valence-corrected chi connectivity index (χ1v) is 4.01. The molecule has 0 heterocycles. The fourth-order valence-corrected chi connectivity index (χ4v) is 0.933. The SMILES string of the molecule is Nc1ccc(O)c(C(=O)OCCO)c1. The number of benzene rings is 1. The number of rotatable bonds is 3. The maximum absolute atomic E-state index is 11.2. The third-order valence-corrected chi connectivity index (χ3v) is 1.56. The lowest BCUT2D eigenvalue weighted by Crippen LogP contribution is -2.09. The second kappa shape index (κ2) is 4.48. The van der Waals surface area contributed by atoms with Crippen LogP contribution in [0.2, 0.25) is 0 Å². The molecule has 0 spiro atoms. The van der Waals surface area contributed by atoms with Crippen molar-refractivity contribution in [2.75, 3.05) is 18.9 Å². The van der Waals surface area contributed by atoms with Crippen LogP contribution in [0.5, 0.6) is 5.75 Å². The zero-order valence-electron chi connectivity index (χ0n) is 7.43. The van der Waals surface area contributed by atoms with E-state index in [9.17, 15) is 9.90 Å². The third kappa shape index (κ3) is 2.37. The Morgan fingerprint density at radius 2 is 2.21 bits per heavy atom. The van der Waals surface area contributed by atoms with Gasteiger partial charge < -0.3 is 20.7 Å². The van der Waals surface area contributed by atoms with Crippen molar-refractivity contribution in [2.24, 2.45) is 0 Å². The maximum Gasteiger partial charge on any atom is 0.342 e. The van der Waals surface area contributed by atoms with E-state index in [4.69, 9.17) is 10.8 Å². The molecule has 76 valence electrons. The molecule has 14 heavy (non-hydrogen) atoms. The molecule has 0 bridgehead atoms. The van der Waals surface area contributed by atoms with Gasteiger partial charge in [-0.1, -0.05) is 0 Å². The van der Waals surface area contributed by atoms with E-state index in [0.717, 1.165) is 0 Å². The van der Waals surface area contributed by atoms with Crippen LogP contribution in [0.15, 0.2) is 18.2 Å². The Labute approximate surface area is 80.7 Å². The van der Waals surface area contributed by atoms with Crippen LogP contribution in [-0.2, 0) is 4.74 Å². The second-order valence-electron chi connectivity index (χ2n) is 2.64. The molecular weight excluding hydrogens is 186 g/mol. The lowest BCUT2D eigenvalue weighted by Gasteiger charge is -2.05. The number of carbonyl (C=O) groups is 1. The van der Waals surface area contributed by atoms with Gasteiger partial charge in [-0.2, -0.15) is 0 Å². The van der Waals surface area contributed by atoms with Gasteiger partial charge in [0.25, 0.3) is 0 Å². The predicted molar refractivity (Wildman–Crippen MR) is 49.9 cm³/mol. The van der Waals surface area contributed by atoms with Gasteiger partial charge in [-0.15, -0.1) is 0 Å². The Balaban J connectivity index is 2.83. The van der Waals surface area contributed by atoms with E-state index in [-0.39, 0.29) is 24.5 Å². The summed E-state index contributed by atoms with van der Waals surface area (Å²) < 4.78 is 4.61.